The van der Waals surface area contributed by atoms with E-state index in [2.05, 4.69) is 29.6 Å². The first-order valence-corrected chi connectivity index (χ1v) is 11.0. The Morgan fingerprint density at radius 3 is 2.88 bits per heavy atom. The van der Waals surface area contributed by atoms with Gasteiger partial charge in [-0.05, 0) is 32.0 Å². The molecule has 0 spiro atoms. The number of fused-ring (bicyclic) bond motifs is 1. The van der Waals surface area contributed by atoms with E-state index in [0.29, 0.717) is 16.9 Å². The molecule has 24 heavy (non-hydrogen) atoms. The number of hydrogen-bond donors (Lipinski definition) is 2. The van der Waals surface area contributed by atoms with Crippen molar-refractivity contribution in [1.29, 1.82) is 0 Å². The van der Waals surface area contributed by atoms with Crippen molar-refractivity contribution in [3.63, 3.8) is 0 Å². The summed E-state index contributed by atoms with van der Waals surface area (Å²) in [6.07, 6.45) is 7.23. The minimum atomic E-state index is -1.18. The molecule has 3 N–H and O–H groups in total. The smallest absolute Gasteiger partial charge is 0.165 e. The van der Waals surface area contributed by atoms with E-state index in [9.17, 15) is 5.11 Å². The van der Waals surface area contributed by atoms with Gasteiger partial charge in [0, 0.05) is 13.3 Å². The number of rotatable bonds is 5. The highest BCUT2D eigenvalue weighted by molar-refractivity contribution is 7.72. The Kier molecular flexibility index (Phi) is 4.71. The summed E-state index contributed by atoms with van der Waals surface area (Å²) in [4.78, 5) is 8.67. The molecule has 1 aliphatic rings. The number of methoxy groups -OCH3 is 1. The fourth-order valence-corrected chi connectivity index (χ4v) is 4.01. The Balaban J connectivity index is 1.89. The minimum absolute atomic E-state index is 0.292. The zero-order valence-corrected chi connectivity index (χ0v) is 15.2. The van der Waals surface area contributed by atoms with E-state index in [4.69, 9.17) is 15.2 Å². The molecule has 1 saturated heterocycles. The Hall–Kier alpha value is -1.40. The van der Waals surface area contributed by atoms with Crippen molar-refractivity contribution in [3.05, 3.63) is 18.6 Å². The Morgan fingerprint density at radius 2 is 2.21 bits per heavy atom. The summed E-state index contributed by atoms with van der Waals surface area (Å²) in [6.45, 7) is 3.17. The van der Waals surface area contributed by atoms with Gasteiger partial charge < -0.3 is 20.3 Å². The summed E-state index contributed by atoms with van der Waals surface area (Å²) in [7, 11) is 1.58. The molecule has 1 fully saturated rings. The molecule has 0 radical (unpaired) electrons. The Labute approximate surface area is 141 Å². The van der Waals surface area contributed by atoms with Gasteiger partial charge in [-0.15, -0.1) is 13.2 Å². The number of imidazole rings is 1. The molecule has 3 rings (SSSR count). The number of nitrogen functional groups attached to an aromatic ring is 1. The number of aliphatic hydroxyl groups is 1. The summed E-state index contributed by atoms with van der Waals surface area (Å²) in [5.74, 6) is 0. The molecule has 0 aliphatic carbocycles. The third kappa shape index (κ3) is 3.22. The van der Waals surface area contributed by atoms with Crippen molar-refractivity contribution in [2.75, 3.05) is 32.3 Å². The van der Waals surface area contributed by atoms with E-state index < -0.39 is 25.3 Å². The molecule has 1 unspecified atom stereocenters. The molecule has 0 saturated carbocycles. The minimum Gasteiger partial charge on any atom is -0.397 e. The third-order valence-electron chi connectivity index (χ3n) is 4.37. The van der Waals surface area contributed by atoms with E-state index >= 15 is 0 Å². The summed E-state index contributed by atoms with van der Waals surface area (Å²) in [5.41, 5.74) is 7.76. The maximum atomic E-state index is 10.6. The van der Waals surface area contributed by atoms with Gasteiger partial charge in [0.25, 0.3) is 0 Å². The highest BCUT2D eigenvalue weighted by Crippen LogP contribution is 2.40. The lowest BCUT2D eigenvalue weighted by molar-refractivity contribution is -0.0496. The van der Waals surface area contributed by atoms with E-state index in [-0.39, 0.29) is 6.10 Å². The maximum Gasteiger partial charge on any atom is 0.165 e. The second-order valence-electron chi connectivity index (χ2n) is 6.93. The standard InChI is InChI=1S/C16H25N4O3P/c1-22-14-13(21)11(6-8-24(2,3)4)23-16(14)20-9-19-12-10(17)5-7-18-15(12)20/h5,7,9,11,13-14,16,21H,2,6,8H2,1,3-4H3,(H2,17,18)/t11-,13-,14-,16?/m1/s1. The first kappa shape index (κ1) is 17.4. The quantitative estimate of drug-likeness (QED) is 0.790. The Morgan fingerprint density at radius 1 is 1.46 bits per heavy atom. The lowest BCUT2D eigenvalue weighted by Crippen LogP contribution is -2.33. The first-order valence-electron chi connectivity index (χ1n) is 7.92. The van der Waals surface area contributed by atoms with Crippen LogP contribution in [0.4, 0.5) is 5.69 Å². The van der Waals surface area contributed by atoms with Crippen LogP contribution in [0.5, 0.6) is 0 Å². The van der Waals surface area contributed by atoms with Crippen LogP contribution in [-0.2, 0) is 9.47 Å². The van der Waals surface area contributed by atoms with Gasteiger partial charge in [0.15, 0.2) is 11.9 Å². The van der Waals surface area contributed by atoms with Crippen molar-refractivity contribution in [2.45, 2.75) is 31.0 Å². The van der Waals surface area contributed by atoms with Gasteiger partial charge in [-0.3, -0.25) is 4.57 Å². The number of nitrogens with two attached hydrogens (primary N) is 1. The van der Waals surface area contributed by atoms with Crippen molar-refractivity contribution >= 4 is 30.0 Å². The number of pyridine rings is 1. The lowest BCUT2D eigenvalue weighted by Gasteiger charge is -2.20. The van der Waals surface area contributed by atoms with Crippen LogP contribution in [0.3, 0.4) is 0 Å². The first-order chi connectivity index (χ1) is 11.3. The fraction of sp³-hybridized carbons (Fsp3) is 0.562. The number of aliphatic hydroxyl groups excluding tert-OH is 1. The second kappa shape index (κ2) is 6.48. The summed E-state index contributed by atoms with van der Waals surface area (Å²) in [5, 5.41) is 10.6. The largest absolute Gasteiger partial charge is 0.397 e. The molecule has 4 atom stereocenters. The Bertz CT molecular complexity index is 772. The van der Waals surface area contributed by atoms with Crippen LogP contribution in [0, 0.1) is 0 Å². The third-order valence-corrected chi connectivity index (χ3v) is 5.84. The van der Waals surface area contributed by atoms with Crippen LogP contribution in [0.2, 0.25) is 0 Å². The molecule has 1 aliphatic heterocycles. The number of aromatic nitrogens is 3. The van der Waals surface area contributed by atoms with E-state index in [0.717, 1.165) is 12.6 Å². The highest BCUT2D eigenvalue weighted by Gasteiger charge is 2.45. The molecule has 0 amide bonds. The van der Waals surface area contributed by atoms with E-state index in [1.54, 1.807) is 30.3 Å². The summed E-state index contributed by atoms with van der Waals surface area (Å²) < 4.78 is 13.4. The van der Waals surface area contributed by atoms with Crippen LogP contribution < -0.4 is 5.73 Å². The average molecular weight is 352 g/mol. The van der Waals surface area contributed by atoms with Crippen LogP contribution in [-0.4, -0.2) is 70.9 Å². The molecule has 2 aromatic heterocycles. The van der Waals surface area contributed by atoms with Gasteiger partial charge in [0.1, 0.15) is 17.7 Å². The van der Waals surface area contributed by atoms with Crippen LogP contribution in [0.1, 0.15) is 12.6 Å². The predicted molar refractivity (Wildman–Crippen MR) is 98.0 cm³/mol. The topological polar surface area (TPSA) is 95.4 Å². The van der Waals surface area contributed by atoms with E-state index in [1.165, 1.54) is 0 Å². The molecule has 0 bridgehead atoms. The molecule has 2 aromatic rings. The monoisotopic (exact) mass is 352 g/mol. The number of nitrogens with zero attached hydrogens (tertiary/aromatic N) is 3. The summed E-state index contributed by atoms with van der Waals surface area (Å²) in [6, 6.07) is 1.71. The van der Waals surface area contributed by atoms with Gasteiger partial charge >= 0.3 is 0 Å². The predicted octanol–water partition coefficient (Wildman–Crippen LogP) is 1.39. The van der Waals surface area contributed by atoms with Gasteiger partial charge in [0.05, 0.1) is 18.1 Å². The maximum absolute atomic E-state index is 10.6. The zero-order chi connectivity index (χ0) is 17.5. The van der Waals surface area contributed by atoms with Crippen molar-refractivity contribution in [3.8, 4) is 0 Å². The van der Waals surface area contributed by atoms with Gasteiger partial charge in [-0.1, -0.05) is 0 Å². The molecular weight excluding hydrogens is 327 g/mol. The molecule has 8 heteroatoms. The second-order valence-corrected chi connectivity index (χ2v) is 11.2. The number of ether oxygens (including phenoxy) is 2. The van der Waals surface area contributed by atoms with Crippen LogP contribution in [0.15, 0.2) is 18.6 Å². The molecular formula is C16H25N4O3P. The van der Waals surface area contributed by atoms with Gasteiger partial charge in [0.2, 0.25) is 0 Å². The molecule has 132 valence electrons. The van der Waals surface area contributed by atoms with E-state index in [1.807, 2.05) is 0 Å². The SMILES string of the molecule is C=P(C)(C)CC[C@H]1OC(n2cnc3c(N)ccnc32)[C@H](OC)[C@@H]1O. The molecule has 7 nitrogen and oxygen atoms in total. The average Bonchev–Trinajstić information content (AvgIpc) is 3.06. The lowest BCUT2D eigenvalue weighted by atomic mass is 10.1. The molecule has 3 heterocycles. The number of anilines is 1. The summed E-state index contributed by atoms with van der Waals surface area (Å²) >= 11 is 0. The van der Waals surface area contributed by atoms with Gasteiger partial charge in [-0.2, -0.15) is 0 Å². The van der Waals surface area contributed by atoms with Crippen molar-refractivity contribution in [1.82, 2.24) is 14.5 Å². The fourth-order valence-electron chi connectivity index (χ4n) is 3.05. The zero-order valence-electron chi connectivity index (χ0n) is 14.3. The number of hydrogen-bond acceptors (Lipinski definition) is 6. The highest BCUT2D eigenvalue weighted by atomic mass is 31.2. The molecule has 0 aromatic carbocycles. The van der Waals surface area contributed by atoms with Crippen LogP contribution >= 0.6 is 6.89 Å². The van der Waals surface area contributed by atoms with Crippen molar-refractivity contribution < 1.29 is 14.6 Å². The normalized spacial score (nSPS) is 27.8. The van der Waals surface area contributed by atoms with Crippen molar-refractivity contribution in [2.24, 2.45) is 0 Å². The van der Waals surface area contributed by atoms with Gasteiger partial charge in [-0.25, -0.2) is 9.97 Å². The van der Waals surface area contributed by atoms with Crippen LogP contribution in [0.25, 0.3) is 11.2 Å².